The van der Waals surface area contributed by atoms with E-state index in [0.29, 0.717) is 11.1 Å². The third kappa shape index (κ3) is 2.95. The van der Waals surface area contributed by atoms with Gasteiger partial charge in [0.05, 0.1) is 11.3 Å². The number of thiophene rings is 1. The van der Waals surface area contributed by atoms with Crippen molar-refractivity contribution in [1.82, 2.24) is 0 Å². The second-order valence-corrected chi connectivity index (χ2v) is 10.5. The average molecular weight is 462 g/mol. The fourth-order valence-corrected chi connectivity index (χ4v) is 6.38. The number of carbonyl (C=O) groups excluding carboxylic acids is 2. The van der Waals surface area contributed by atoms with Crippen molar-refractivity contribution in [2.24, 2.45) is 0 Å². The number of hydrogen-bond acceptors (Lipinski definition) is 4. The Balaban J connectivity index is 1.52. The van der Waals surface area contributed by atoms with Crippen LogP contribution in [-0.4, -0.2) is 11.6 Å². The van der Waals surface area contributed by atoms with E-state index in [1.54, 1.807) is 23.5 Å². The van der Waals surface area contributed by atoms with E-state index < -0.39 is 0 Å². The number of hydrogen-bond donors (Lipinski definition) is 0. The summed E-state index contributed by atoms with van der Waals surface area (Å²) in [5, 5.41) is 1.12. The average Bonchev–Trinajstić information content (AvgIpc) is 3.36. The van der Waals surface area contributed by atoms with E-state index in [0.717, 1.165) is 26.8 Å². The van der Waals surface area contributed by atoms with E-state index in [2.05, 4.69) is 61.2 Å². The number of allylic oxidation sites excluding steroid dienone is 1. The number of para-hydroxylation sites is 2. The number of nitrogens with zero attached hydrogens (tertiary/aromatic N) is 1. The first kappa shape index (κ1) is 20.8. The molecule has 1 aromatic heterocycles. The third-order valence-corrected chi connectivity index (χ3v) is 7.95. The van der Waals surface area contributed by atoms with Gasteiger partial charge in [-0.25, -0.2) is 0 Å². The molecule has 0 fully saturated rings. The van der Waals surface area contributed by atoms with E-state index in [9.17, 15) is 9.59 Å². The summed E-state index contributed by atoms with van der Waals surface area (Å²) in [6, 6.07) is 26.4. The Morgan fingerprint density at radius 1 is 0.794 bits per heavy atom. The summed E-state index contributed by atoms with van der Waals surface area (Å²) < 4.78 is 0. The van der Waals surface area contributed by atoms with Gasteiger partial charge < -0.3 is 4.90 Å². The van der Waals surface area contributed by atoms with Gasteiger partial charge >= 0.3 is 0 Å². The van der Waals surface area contributed by atoms with Gasteiger partial charge in [0, 0.05) is 27.1 Å². The second-order valence-electron chi connectivity index (χ2n) is 9.45. The van der Waals surface area contributed by atoms with Crippen LogP contribution in [0.1, 0.15) is 56.1 Å². The molecule has 2 aliphatic rings. The molecule has 0 amide bonds. The summed E-state index contributed by atoms with van der Waals surface area (Å²) in [6.45, 7) is 6.41. The molecule has 0 atom stereocenters. The Labute approximate surface area is 203 Å². The van der Waals surface area contributed by atoms with Crippen molar-refractivity contribution in [2.75, 3.05) is 4.90 Å². The van der Waals surface area contributed by atoms with Gasteiger partial charge in [-0.15, -0.1) is 11.3 Å². The molecule has 0 spiro atoms. The first-order valence-electron chi connectivity index (χ1n) is 11.4. The van der Waals surface area contributed by atoms with E-state index in [4.69, 9.17) is 0 Å². The minimum atomic E-state index is -0.214. The first-order valence-corrected chi connectivity index (χ1v) is 12.2. The zero-order chi connectivity index (χ0) is 23.6. The number of ketones is 2. The van der Waals surface area contributed by atoms with Gasteiger partial charge in [-0.1, -0.05) is 67.9 Å². The fourth-order valence-electron chi connectivity index (χ4n) is 5.08. The highest BCUT2D eigenvalue weighted by molar-refractivity contribution is 7.17. The largest absolute Gasteiger partial charge is 0.301 e. The first-order chi connectivity index (χ1) is 16.4. The maximum Gasteiger partial charge on any atom is 0.197 e. The minimum absolute atomic E-state index is 0.183. The van der Waals surface area contributed by atoms with Crippen molar-refractivity contribution in [3.05, 3.63) is 117 Å². The number of fused-ring (bicyclic) bond motifs is 3. The lowest BCUT2D eigenvalue weighted by Crippen LogP contribution is -2.29. The fraction of sp³-hybridized carbons (Fsp3) is 0.133. The number of aryl methyl sites for hydroxylation is 1. The lowest BCUT2D eigenvalue weighted by atomic mass is 9.75. The van der Waals surface area contributed by atoms with Gasteiger partial charge in [-0.3, -0.25) is 9.59 Å². The molecule has 34 heavy (non-hydrogen) atoms. The van der Waals surface area contributed by atoms with E-state index in [-0.39, 0.29) is 22.6 Å². The quantitative estimate of drug-likeness (QED) is 0.227. The third-order valence-electron chi connectivity index (χ3n) is 6.88. The Morgan fingerprint density at radius 3 is 2.29 bits per heavy atom. The number of anilines is 3. The zero-order valence-corrected chi connectivity index (χ0v) is 20.1. The van der Waals surface area contributed by atoms with Crippen LogP contribution < -0.4 is 4.90 Å². The molecule has 0 radical (unpaired) electrons. The lowest BCUT2D eigenvalue weighted by Gasteiger charge is -2.39. The summed E-state index contributed by atoms with van der Waals surface area (Å²) in [7, 11) is 0. The van der Waals surface area contributed by atoms with E-state index >= 15 is 0 Å². The monoisotopic (exact) mass is 461 g/mol. The molecular formula is C30H23NO2S. The van der Waals surface area contributed by atoms with Crippen LogP contribution in [0.4, 0.5) is 16.4 Å². The molecule has 0 N–H and O–H groups in total. The van der Waals surface area contributed by atoms with Crippen molar-refractivity contribution < 1.29 is 9.59 Å². The van der Waals surface area contributed by atoms with Crippen LogP contribution in [0.2, 0.25) is 0 Å². The normalized spacial score (nSPS) is 17.0. The molecule has 1 aliphatic heterocycles. The molecule has 4 heteroatoms. The minimum Gasteiger partial charge on any atom is -0.301 e. The van der Waals surface area contributed by atoms with E-state index in [1.807, 2.05) is 37.3 Å². The smallest absolute Gasteiger partial charge is 0.197 e. The van der Waals surface area contributed by atoms with Gasteiger partial charge in [0.2, 0.25) is 0 Å². The highest BCUT2D eigenvalue weighted by Gasteiger charge is 2.39. The van der Waals surface area contributed by atoms with Crippen molar-refractivity contribution in [3.8, 4) is 0 Å². The Bertz CT molecular complexity index is 1520. The van der Waals surface area contributed by atoms with Crippen molar-refractivity contribution >= 4 is 45.4 Å². The number of rotatable bonds is 2. The van der Waals surface area contributed by atoms with Crippen LogP contribution in [0.25, 0.3) is 6.08 Å². The summed E-state index contributed by atoms with van der Waals surface area (Å²) in [4.78, 5) is 29.4. The summed E-state index contributed by atoms with van der Waals surface area (Å²) in [5.41, 5.74) is 6.71. The van der Waals surface area contributed by atoms with Crippen LogP contribution in [0.3, 0.4) is 0 Å². The second kappa shape index (κ2) is 7.37. The van der Waals surface area contributed by atoms with Crippen molar-refractivity contribution in [3.63, 3.8) is 0 Å². The number of carbonyl (C=O) groups is 2. The topological polar surface area (TPSA) is 37.4 Å². The Morgan fingerprint density at radius 2 is 1.50 bits per heavy atom. The lowest BCUT2D eigenvalue weighted by molar-refractivity contribution is 0.0990. The predicted octanol–water partition coefficient (Wildman–Crippen LogP) is 7.63. The molecule has 0 bridgehead atoms. The Kier molecular flexibility index (Phi) is 4.51. The van der Waals surface area contributed by atoms with Crippen molar-refractivity contribution in [1.29, 1.82) is 0 Å². The molecule has 2 heterocycles. The van der Waals surface area contributed by atoms with Gasteiger partial charge in [-0.2, -0.15) is 0 Å². The van der Waals surface area contributed by atoms with Crippen LogP contribution in [0.5, 0.6) is 0 Å². The van der Waals surface area contributed by atoms with Gasteiger partial charge in [0.15, 0.2) is 11.6 Å². The zero-order valence-electron chi connectivity index (χ0n) is 19.3. The molecule has 0 unspecified atom stereocenters. The maximum absolute atomic E-state index is 13.1. The molecule has 0 saturated carbocycles. The molecular weight excluding hydrogens is 438 g/mol. The molecule has 6 rings (SSSR count). The van der Waals surface area contributed by atoms with Gasteiger partial charge in [-0.05, 0) is 54.5 Å². The molecule has 4 aromatic rings. The molecule has 3 aromatic carbocycles. The number of Topliss-reactive ketones (excluding diaryl/α,β-unsaturated/α-hetero) is 2. The predicted molar refractivity (Wildman–Crippen MR) is 139 cm³/mol. The van der Waals surface area contributed by atoms with Crippen LogP contribution in [0, 0.1) is 6.92 Å². The van der Waals surface area contributed by atoms with Crippen LogP contribution in [-0.2, 0) is 5.41 Å². The van der Waals surface area contributed by atoms with Gasteiger partial charge in [0.1, 0.15) is 5.00 Å². The Hall–Kier alpha value is -3.76. The molecule has 1 aliphatic carbocycles. The SMILES string of the molecule is Cc1ccc2c(c1)C(=O)/C(=C/c1cc3c(s1)N(c1ccccc1)c1ccccc1C3(C)C)C2=O. The standard InChI is InChI=1S/C30H23NO2S/c1-18-13-14-21-22(15-18)28(33)23(27(21)32)16-20-17-25-29(34-20)31(19-9-5-4-6-10-19)26-12-8-7-11-24(26)30(25,2)3/h4-17H,1-3H3/b23-16+. The summed E-state index contributed by atoms with van der Waals surface area (Å²) in [6.07, 6.45) is 1.78. The van der Waals surface area contributed by atoms with Gasteiger partial charge in [0.25, 0.3) is 0 Å². The van der Waals surface area contributed by atoms with Crippen LogP contribution >= 0.6 is 11.3 Å². The van der Waals surface area contributed by atoms with Crippen LogP contribution in [0.15, 0.2) is 84.4 Å². The summed E-state index contributed by atoms with van der Waals surface area (Å²) in [5.74, 6) is -0.369. The molecule has 0 saturated heterocycles. The number of benzene rings is 3. The molecule has 166 valence electrons. The summed E-state index contributed by atoms with van der Waals surface area (Å²) >= 11 is 1.62. The van der Waals surface area contributed by atoms with Crippen molar-refractivity contribution in [2.45, 2.75) is 26.2 Å². The highest BCUT2D eigenvalue weighted by atomic mass is 32.1. The maximum atomic E-state index is 13.1. The molecule has 3 nitrogen and oxygen atoms in total. The highest BCUT2D eigenvalue weighted by Crippen LogP contribution is 2.55. The van der Waals surface area contributed by atoms with E-state index in [1.165, 1.54) is 11.1 Å².